The Morgan fingerprint density at radius 1 is 1.15 bits per heavy atom. The predicted octanol–water partition coefficient (Wildman–Crippen LogP) is 2.63. The van der Waals surface area contributed by atoms with E-state index in [2.05, 4.69) is 0 Å². The number of aliphatic hydroxyl groups excluding tert-OH is 1. The minimum atomic E-state index is -3.68. The topological polar surface area (TPSA) is 91.7 Å². The number of carboxylic acids is 1. The minimum absolute atomic E-state index is 0.00487. The Hall–Kier alpha value is -0.820. The smallest absolute Gasteiger partial charge is 0.338 e. The molecule has 0 unspecified atom stereocenters. The van der Waals surface area contributed by atoms with Crippen LogP contribution in [0.15, 0.2) is 17.0 Å². The van der Waals surface area contributed by atoms with E-state index in [4.69, 9.17) is 33.4 Å². The van der Waals surface area contributed by atoms with E-state index < -0.39 is 21.4 Å². The monoisotopic (exact) mass is 340 g/mol. The lowest BCUT2D eigenvalue weighted by Gasteiger charge is -2.09. The molecule has 0 radical (unpaired) electrons. The molecule has 0 aliphatic heterocycles. The zero-order valence-corrected chi connectivity index (χ0v) is 12.8. The fraction of sp³-hybridized carbons (Fsp3) is 0.417. The molecule has 0 amide bonds. The van der Waals surface area contributed by atoms with Crippen LogP contribution in [-0.4, -0.2) is 37.0 Å². The summed E-state index contributed by atoms with van der Waals surface area (Å²) in [7, 11) is -3.68. The van der Waals surface area contributed by atoms with E-state index in [1.165, 1.54) is 12.1 Å². The van der Waals surface area contributed by atoms with Gasteiger partial charge in [-0.2, -0.15) is 0 Å². The minimum Gasteiger partial charge on any atom is -0.478 e. The second-order valence-corrected chi connectivity index (χ2v) is 7.01. The van der Waals surface area contributed by atoms with E-state index in [1.807, 2.05) is 0 Å². The molecule has 1 aromatic rings. The van der Waals surface area contributed by atoms with Crippen LogP contribution >= 0.6 is 23.2 Å². The summed E-state index contributed by atoms with van der Waals surface area (Å²) in [6.07, 6.45) is 1.45. The van der Waals surface area contributed by atoms with Gasteiger partial charge in [0.05, 0.1) is 26.3 Å². The van der Waals surface area contributed by atoms with Gasteiger partial charge in [0.25, 0.3) is 0 Å². The Morgan fingerprint density at radius 2 is 1.80 bits per heavy atom. The fourth-order valence-corrected chi connectivity index (χ4v) is 4.00. The summed E-state index contributed by atoms with van der Waals surface area (Å²) in [5, 5.41) is 17.1. The van der Waals surface area contributed by atoms with Crippen molar-refractivity contribution in [1.82, 2.24) is 0 Å². The first-order chi connectivity index (χ1) is 9.31. The molecule has 1 rings (SSSR count). The highest BCUT2D eigenvalue weighted by atomic mass is 35.5. The fourth-order valence-electron chi connectivity index (χ4n) is 1.66. The second kappa shape index (κ2) is 7.26. The SMILES string of the molecule is O=C(O)c1c(Cl)ccc(S(=O)(=O)CCCCCO)c1Cl. The highest BCUT2D eigenvalue weighted by Gasteiger charge is 2.24. The van der Waals surface area contributed by atoms with Gasteiger partial charge in [-0.15, -0.1) is 0 Å². The number of unbranched alkanes of at least 4 members (excludes halogenated alkanes) is 2. The van der Waals surface area contributed by atoms with Crippen molar-refractivity contribution in [1.29, 1.82) is 0 Å². The first kappa shape index (κ1) is 17.2. The van der Waals surface area contributed by atoms with E-state index >= 15 is 0 Å². The molecule has 20 heavy (non-hydrogen) atoms. The van der Waals surface area contributed by atoms with Crippen LogP contribution in [0.4, 0.5) is 0 Å². The molecule has 1 aromatic carbocycles. The summed E-state index contributed by atoms with van der Waals surface area (Å²) < 4.78 is 24.2. The van der Waals surface area contributed by atoms with Gasteiger partial charge in [0.15, 0.2) is 9.84 Å². The number of sulfone groups is 1. The van der Waals surface area contributed by atoms with Crippen molar-refractivity contribution in [3.05, 3.63) is 27.7 Å². The van der Waals surface area contributed by atoms with Gasteiger partial charge < -0.3 is 10.2 Å². The number of aliphatic hydroxyl groups is 1. The first-order valence-electron chi connectivity index (χ1n) is 5.86. The molecule has 0 aromatic heterocycles. The number of rotatable bonds is 7. The van der Waals surface area contributed by atoms with E-state index in [1.54, 1.807) is 0 Å². The van der Waals surface area contributed by atoms with Crippen LogP contribution in [-0.2, 0) is 9.84 Å². The lowest BCUT2D eigenvalue weighted by atomic mass is 10.2. The zero-order valence-electron chi connectivity index (χ0n) is 10.5. The van der Waals surface area contributed by atoms with E-state index in [-0.39, 0.29) is 27.3 Å². The van der Waals surface area contributed by atoms with E-state index in [9.17, 15) is 13.2 Å². The molecule has 0 aliphatic rings. The summed E-state index contributed by atoms with van der Waals surface area (Å²) >= 11 is 11.6. The van der Waals surface area contributed by atoms with Gasteiger partial charge in [-0.1, -0.05) is 29.6 Å². The third-order valence-corrected chi connectivity index (χ3v) is 5.33. The molecule has 0 heterocycles. The van der Waals surface area contributed by atoms with Crippen molar-refractivity contribution in [3.63, 3.8) is 0 Å². The number of hydrogen-bond donors (Lipinski definition) is 2. The molecule has 0 aliphatic carbocycles. The molecule has 0 saturated heterocycles. The molecule has 112 valence electrons. The summed E-state index contributed by atoms with van der Waals surface area (Å²) in [6, 6.07) is 2.41. The summed E-state index contributed by atoms with van der Waals surface area (Å²) in [5.41, 5.74) is -0.412. The summed E-state index contributed by atoms with van der Waals surface area (Å²) in [5.74, 6) is -1.54. The van der Waals surface area contributed by atoms with Crippen LogP contribution in [0, 0.1) is 0 Å². The maximum atomic E-state index is 12.1. The average molecular weight is 341 g/mol. The molecule has 2 N–H and O–H groups in total. The summed E-state index contributed by atoms with van der Waals surface area (Å²) in [6.45, 7) is 0.00487. The van der Waals surface area contributed by atoms with Crippen LogP contribution in [0.2, 0.25) is 10.0 Å². The number of aromatic carboxylic acids is 1. The van der Waals surface area contributed by atoms with Crippen LogP contribution in [0.25, 0.3) is 0 Å². The standard InChI is InChI=1S/C12H14Cl2O5S/c13-8-4-5-9(11(14)10(8)12(16)17)20(18,19)7-3-1-2-6-15/h4-5,15H,1-3,6-7H2,(H,16,17). The maximum absolute atomic E-state index is 12.1. The first-order valence-corrected chi connectivity index (χ1v) is 8.27. The number of carboxylic acid groups (broad SMARTS) is 1. The van der Waals surface area contributed by atoms with Crippen molar-refractivity contribution in [2.45, 2.75) is 24.2 Å². The van der Waals surface area contributed by atoms with Gasteiger partial charge in [0, 0.05) is 6.61 Å². The van der Waals surface area contributed by atoms with Gasteiger partial charge in [0.2, 0.25) is 0 Å². The lowest BCUT2D eigenvalue weighted by Crippen LogP contribution is -2.10. The Kier molecular flexibility index (Phi) is 6.26. The summed E-state index contributed by atoms with van der Waals surface area (Å²) in [4.78, 5) is 10.8. The van der Waals surface area contributed by atoms with Gasteiger partial charge in [-0.25, -0.2) is 13.2 Å². The Morgan fingerprint density at radius 3 is 2.35 bits per heavy atom. The molecule has 5 nitrogen and oxygen atoms in total. The predicted molar refractivity (Wildman–Crippen MR) is 76.4 cm³/mol. The second-order valence-electron chi connectivity index (χ2n) is 4.14. The highest BCUT2D eigenvalue weighted by Crippen LogP contribution is 2.32. The van der Waals surface area contributed by atoms with Crippen molar-refractivity contribution < 1.29 is 23.4 Å². The van der Waals surface area contributed by atoms with Crippen LogP contribution in [0.1, 0.15) is 29.6 Å². The highest BCUT2D eigenvalue weighted by molar-refractivity contribution is 7.91. The Labute approximate surface area is 127 Å². The molecular weight excluding hydrogens is 327 g/mol. The van der Waals surface area contributed by atoms with Crippen molar-refractivity contribution >= 4 is 39.0 Å². The molecule has 0 atom stereocenters. The number of halogens is 2. The quantitative estimate of drug-likeness (QED) is 0.744. The zero-order chi connectivity index (χ0) is 15.3. The molecular formula is C12H14Cl2O5S. The van der Waals surface area contributed by atoms with Crippen molar-refractivity contribution in [2.75, 3.05) is 12.4 Å². The van der Waals surface area contributed by atoms with Crippen molar-refractivity contribution in [3.8, 4) is 0 Å². The van der Waals surface area contributed by atoms with Crippen molar-refractivity contribution in [2.24, 2.45) is 0 Å². The number of benzene rings is 1. The largest absolute Gasteiger partial charge is 0.478 e. The molecule has 0 spiro atoms. The van der Waals surface area contributed by atoms with E-state index in [0.717, 1.165) is 0 Å². The molecule has 0 fully saturated rings. The van der Waals surface area contributed by atoms with Gasteiger partial charge in [-0.05, 0) is 25.0 Å². The van der Waals surface area contributed by atoms with Crippen LogP contribution < -0.4 is 0 Å². The Bertz CT molecular complexity index is 598. The van der Waals surface area contributed by atoms with E-state index in [0.29, 0.717) is 19.3 Å². The van der Waals surface area contributed by atoms with Gasteiger partial charge in [0.1, 0.15) is 0 Å². The maximum Gasteiger partial charge on any atom is 0.338 e. The normalized spacial score (nSPS) is 11.6. The number of carbonyl (C=O) groups is 1. The van der Waals surface area contributed by atoms with Gasteiger partial charge >= 0.3 is 5.97 Å². The molecule has 0 saturated carbocycles. The Balaban J connectivity index is 3.07. The lowest BCUT2D eigenvalue weighted by molar-refractivity contribution is 0.0697. The van der Waals surface area contributed by atoms with Crippen LogP contribution in [0.3, 0.4) is 0 Å². The molecule has 0 bridgehead atoms. The number of hydrogen-bond acceptors (Lipinski definition) is 4. The average Bonchev–Trinajstić information content (AvgIpc) is 2.34. The van der Waals surface area contributed by atoms with Gasteiger partial charge in [-0.3, -0.25) is 0 Å². The third-order valence-electron chi connectivity index (χ3n) is 2.68. The third kappa shape index (κ3) is 4.09. The molecule has 8 heteroatoms. The van der Waals surface area contributed by atoms with Crippen LogP contribution in [0.5, 0.6) is 0 Å².